The zero-order valence-corrected chi connectivity index (χ0v) is 54.2. The predicted octanol–water partition coefficient (Wildman–Crippen LogP) is -1.91. The van der Waals surface area contributed by atoms with Crippen molar-refractivity contribution in [2.45, 2.75) is 213 Å². The van der Waals surface area contributed by atoms with Crippen LogP contribution >= 0.6 is 0 Å². The van der Waals surface area contributed by atoms with Gasteiger partial charge in [-0.05, 0) is 87.0 Å². The number of hydrogen-bond donors (Lipinski definition) is 15. The third kappa shape index (κ3) is 28.2. The molecule has 1 fully saturated rings. The molecule has 1 aromatic carbocycles. The Labute approximate surface area is 531 Å². The molecule has 1 aliphatic heterocycles. The minimum Gasteiger partial charge on any atom is -0.481 e. The highest BCUT2D eigenvalue weighted by molar-refractivity contribution is 6.00. The SMILES string of the molecule is CC[C@H](C)[C@H](NC(=O)[C@@H](N)CC(C)C)C(=O)NCC(=O)N[C@@H](CO)C(=O)N[C@@H](Cc1ccccc1)C(=O)N[C@@H](CC(C)C)C(=O)N[C@@H](C)C(=O)N[C@@H](CC(=O)O)C(=O)N[C@@H](CCC(N)=O)C(=O)N[C@@H](CC(C)C)C(=O)N1CCC[C@H]1C(=O)N[C@@H](CC(C)C)C(=O)O. The fraction of sp³-hybridized carbons (Fsp3) is 0.672. The number of carbonyl (C=O) groups excluding carboxylic acids is 12. The number of hydrogen-bond acceptors (Lipinski definition) is 16. The van der Waals surface area contributed by atoms with Gasteiger partial charge in [-0.2, -0.15) is 0 Å². The van der Waals surface area contributed by atoms with E-state index in [9.17, 15) is 82.4 Å². The second kappa shape index (κ2) is 39.1. The molecule has 30 heteroatoms. The molecule has 0 saturated carbocycles. The number of rotatable bonds is 40. The molecule has 1 heterocycles. The summed E-state index contributed by atoms with van der Waals surface area (Å²) >= 11 is 0. The van der Waals surface area contributed by atoms with Crippen molar-refractivity contribution in [2.75, 3.05) is 19.7 Å². The summed E-state index contributed by atoms with van der Waals surface area (Å²) in [4.78, 5) is 188. The standard InChI is InChI=1S/C61H99N13O17/c1-12-35(10)50(73-52(81)38(62)23-31(2)3)59(88)64-29-48(77)66-45(30-75)57(86)70-41(27-37-17-14-13-15-18-37)55(84)69-40(24-32(4)5)54(83)65-36(11)51(80)68-42(28-49(78)79)56(85)67-39(20-21-47(63)76)53(82)71-43(25-33(6)7)60(89)74-22-16-19-46(74)58(87)72-44(61(90)91)26-34(8)9/h13-15,17-18,31-36,38-46,50,75H,12,16,19-30,62H2,1-11H3,(H2,63,76)(H,64,88)(H,65,83)(H,66,77)(H,67,85)(H,68,80)(H,69,84)(H,70,86)(H,71,82)(H,72,87)(H,73,81)(H,78,79)(H,90,91)/t35-,36-,38-,39-,40-,41-,42-,43-,44-,45-,46-,50-/m0/s1. The van der Waals surface area contributed by atoms with Crippen molar-refractivity contribution < 1.29 is 82.4 Å². The number of likely N-dealkylation sites (tertiary alicyclic amines) is 1. The average Bonchev–Trinajstić information content (AvgIpc) is 1.84. The van der Waals surface area contributed by atoms with Crippen LogP contribution in [0.1, 0.15) is 146 Å². The molecular weight excluding hydrogens is 1190 g/mol. The number of aliphatic hydroxyl groups excluding tert-OH is 1. The number of carboxylic acid groups (broad SMARTS) is 2. The lowest BCUT2D eigenvalue weighted by Gasteiger charge is -2.31. The Morgan fingerprint density at radius 1 is 0.560 bits per heavy atom. The number of amides is 12. The van der Waals surface area contributed by atoms with Crippen LogP contribution in [0.15, 0.2) is 30.3 Å². The molecule has 0 aliphatic carbocycles. The number of carboxylic acids is 2. The zero-order chi connectivity index (χ0) is 69.0. The van der Waals surface area contributed by atoms with Crippen LogP contribution in [-0.4, -0.2) is 189 Å². The van der Waals surface area contributed by atoms with Gasteiger partial charge < -0.3 is 84.9 Å². The minimum atomic E-state index is -1.93. The first-order valence-electron chi connectivity index (χ1n) is 31.0. The van der Waals surface area contributed by atoms with Gasteiger partial charge in [0.25, 0.3) is 0 Å². The first kappa shape index (κ1) is 78.8. The van der Waals surface area contributed by atoms with Crippen LogP contribution in [0.3, 0.4) is 0 Å². The van der Waals surface area contributed by atoms with E-state index >= 15 is 0 Å². The van der Waals surface area contributed by atoms with Crippen LogP contribution in [0.4, 0.5) is 0 Å². The number of nitrogens with two attached hydrogens (primary N) is 2. The summed E-state index contributed by atoms with van der Waals surface area (Å²) in [5.41, 5.74) is 12.0. The number of primary amides is 1. The summed E-state index contributed by atoms with van der Waals surface area (Å²) < 4.78 is 0. The lowest BCUT2D eigenvalue weighted by molar-refractivity contribution is -0.145. The maximum absolute atomic E-state index is 14.3. The molecule has 91 heavy (non-hydrogen) atoms. The fourth-order valence-electron chi connectivity index (χ4n) is 9.92. The Kier molecular flexibility index (Phi) is 33.9. The molecule has 0 spiro atoms. The van der Waals surface area contributed by atoms with Crippen LogP contribution in [0, 0.1) is 29.6 Å². The van der Waals surface area contributed by atoms with E-state index in [2.05, 4.69) is 53.2 Å². The zero-order valence-electron chi connectivity index (χ0n) is 54.2. The molecule has 0 bridgehead atoms. The smallest absolute Gasteiger partial charge is 0.326 e. The molecule has 1 aromatic rings. The number of aliphatic carboxylic acids is 2. The van der Waals surface area contributed by atoms with Gasteiger partial charge in [0.15, 0.2) is 0 Å². The highest BCUT2D eigenvalue weighted by Gasteiger charge is 2.41. The van der Waals surface area contributed by atoms with Crippen LogP contribution in [0.5, 0.6) is 0 Å². The predicted molar refractivity (Wildman–Crippen MR) is 332 cm³/mol. The van der Waals surface area contributed by atoms with Crippen LogP contribution in [-0.2, 0) is 73.5 Å². The van der Waals surface area contributed by atoms with Gasteiger partial charge in [-0.3, -0.25) is 62.3 Å². The van der Waals surface area contributed by atoms with E-state index in [0.29, 0.717) is 24.8 Å². The molecule has 1 aliphatic rings. The third-order valence-electron chi connectivity index (χ3n) is 14.9. The molecule has 510 valence electrons. The quantitative estimate of drug-likeness (QED) is 0.0341. The molecule has 0 aromatic heterocycles. The molecule has 12 amide bonds. The van der Waals surface area contributed by atoms with Crippen molar-refractivity contribution >= 4 is 82.8 Å². The maximum atomic E-state index is 14.3. The summed E-state index contributed by atoms with van der Waals surface area (Å²) in [6.45, 7) is 17.5. The van der Waals surface area contributed by atoms with Crippen molar-refractivity contribution in [2.24, 2.45) is 41.1 Å². The molecule has 17 N–H and O–H groups in total. The topological polar surface area (TPSA) is 475 Å². The summed E-state index contributed by atoms with van der Waals surface area (Å²) in [5, 5.41) is 54.6. The van der Waals surface area contributed by atoms with Crippen molar-refractivity contribution in [3.05, 3.63) is 35.9 Å². The highest BCUT2D eigenvalue weighted by atomic mass is 16.4. The lowest BCUT2D eigenvalue weighted by atomic mass is 9.97. The summed E-state index contributed by atoms with van der Waals surface area (Å²) in [6.07, 6.45) is -0.700. The Bertz CT molecular complexity index is 2680. The summed E-state index contributed by atoms with van der Waals surface area (Å²) in [6, 6.07) is -6.93. The molecule has 2 rings (SSSR count). The van der Waals surface area contributed by atoms with Crippen molar-refractivity contribution in [1.82, 2.24) is 58.1 Å². The number of benzene rings is 1. The van der Waals surface area contributed by atoms with Crippen molar-refractivity contribution in [3.63, 3.8) is 0 Å². The van der Waals surface area contributed by atoms with E-state index in [0.717, 1.165) is 0 Å². The van der Waals surface area contributed by atoms with Gasteiger partial charge in [-0.25, -0.2) is 4.79 Å². The number of carbonyl (C=O) groups is 14. The normalized spacial score (nSPS) is 16.6. The van der Waals surface area contributed by atoms with Gasteiger partial charge in [0, 0.05) is 19.4 Å². The first-order chi connectivity index (χ1) is 42.6. The van der Waals surface area contributed by atoms with Crippen LogP contribution < -0.4 is 64.6 Å². The minimum absolute atomic E-state index is 0.0161. The van der Waals surface area contributed by atoms with Gasteiger partial charge >= 0.3 is 11.9 Å². The van der Waals surface area contributed by atoms with Crippen LogP contribution in [0.2, 0.25) is 0 Å². The van der Waals surface area contributed by atoms with E-state index in [4.69, 9.17) is 11.5 Å². The second-order valence-corrected chi connectivity index (χ2v) is 24.9. The van der Waals surface area contributed by atoms with Crippen LogP contribution in [0.25, 0.3) is 0 Å². The van der Waals surface area contributed by atoms with E-state index in [1.165, 1.54) is 11.8 Å². The molecule has 12 atom stereocenters. The number of nitrogens with zero attached hydrogens (tertiary/aromatic N) is 1. The summed E-state index contributed by atoms with van der Waals surface area (Å²) in [5.74, 6) is -14.4. The lowest BCUT2D eigenvalue weighted by Crippen LogP contribution is -2.60. The van der Waals surface area contributed by atoms with E-state index in [1.54, 1.807) is 85.7 Å². The van der Waals surface area contributed by atoms with Gasteiger partial charge in [0.2, 0.25) is 70.9 Å². The number of aliphatic hydroxyl groups is 1. The van der Waals surface area contributed by atoms with Gasteiger partial charge in [0.1, 0.15) is 60.4 Å². The fourth-order valence-corrected chi connectivity index (χ4v) is 9.92. The molecule has 0 radical (unpaired) electrons. The molecule has 0 unspecified atom stereocenters. The second-order valence-electron chi connectivity index (χ2n) is 24.9. The number of nitrogens with one attached hydrogen (secondary N) is 10. The van der Waals surface area contributed by atoms with E-state index in [1.807, 2.05) is 13.8 Å². The Morgan fingerprint density at radius 3 is 1.62 bits per heavy atom. The monoisotopic (exact) mass is 1290 g/mol. The Hall–Kier alpha value is -8.28. The maximum Gasteiger partial charge on any atom is 0.326 e. The van der Waals surface area contributed by atoms with Gasteiger partial charge in [-0.1, -0.05) is 106 Å². The van der Waals surface area contributed by atoms with Gasteiger partial charge in [-0.15, -0.1) is 0 Å². The highest BCUT2D eigenvalue weighted by Crippen LogP contribution is 2.22. The largest absolute Gasteiger partial charge is 0.481 e. The third-order valence-corrected chi connectivity index (χ3v) is 14.9. The van der Waals surface area contributed by atoms with Gasteiger partial charge in [0.05, 0.1) is 25.6 Å². The first-order valence-corrected chi connectivity index (χ1v) is 31.0. The average molecular weight is 1290 g/mol. The molecule has 1 saturated heterocycles. The Balaban J connectivity index is 2.32. The summed E-state index contributed by atoms with van der Waals surface area (Å²) in [7, 11) is 0. The van der Waals surface area contributed by atoms with Crippen molar-refractivity contribution in [1.29, 1.82) is 0 Å². The molecule has 30 nitrogen and oxygen atoms in total. The van der Waals surface area contributed by atoms with Crippen molar-refractivity contribution in [3.8, 4) is 0 Å². The molecular formula is C61H99N13O17. The Morgan fingerprint density at radius 2 is 1.07 bits per heavy atom. The van der Waals surface area contributed by atoms with E-state index in [-0.39, 0.29) is 68.2 Å². The van der Waals surface area contributed by atoms with E-state index < -0.39 is 182 Å².